The van der Waals surface area contributed by atoms with Crippen molar-refractivity contribution >= 4 is 43.2 Å². The van der Waals surface area contributed by atoms with Gasteiger partial charge in [-0.15, -0.1) is 0 Å². The molecule has 0 spiro atoms. The highest BCUT2D eigenvalue weighted by Crippen LogP contribution is 2.48. The number of anilines is 2. The van der Waals surface area contributed by atoms with Crippen LogP contribution in [0.3, 0.4) is 0 Å². The predicted molar refractivity (Wildman–Crippen MR) is 194 cm³/mol. The van der Waals surface area contributed by atoms with E-state index in [9.17, 15) is 25.9 Å². The lowest BCUT2D eigenvalue weighted by molar-refractivity contribution is 0.00629. The lowest BCUT2D eigenvalue weighted by Gasteiger charge is -2.32. The minimum atomic E-state index is -4.02. The topological polar surface area (TPSA) is 134 Å². The number of allylic oxidation sites excluding steroid dienone is 5. The Kier molecular flexibility index (Phi) is 11.0. The Morgan fingerprint density at radius 3 is 2.06 bits per heavy atom. The van der Waals surface area contributed by atoms with Crippen LogP contribution in [0.2, 0.25) is 0 Å². The normalized spacial score (nSPS) is 21.7. The maximum Gasteiger partial charge on any atom is 0.264 e. The predicted octanol–water partition coefficient (Wildman–Crippen LogP) is 7.07. The average molecular weight is 733 g/mol. The largest absolute Gasteiger partial charge is 0.456 e. The second-order valence-corrected chi connectivity index (χ2v) is 17.2. The number of unbranched alkanes of at least 4 members (excludes halogenated alkanes) is 2. The molecule has 266 valence electrons. The van der Waals surface area contributed by atoms with E-state index >= 15 is 0 Å². The molecule has 2 aromatic carbocycles. The van der Waals surface area contributed by atoms with Gasteiger partial charge in [0.2, 0.25) is 6.79 Å². The number of rotatable bonds is 13. The van der Waals surface area contributed by atoms with Crippen molar-refractivity contribution in [3.63, 3.8) is 0 Å². The molecule has 49 heavy (non-hydrogen) atoms. The van der Waals surface area contributed by atoms with E-state index in [1.807, 2.05) is 42.5 Å². The second-order valence-electron chi connectivity index (χ2n) is 13.7. The fraction of sp³-hybridized carbons (Fsp3) is 0.444. The molecule has 2 N–H and O–H groups in total. The van der Waals surface area contributed by atoms with Gasteiger partial charge in [0.25, 0.3) is 20.2 Å². The monoisotopic (exact) mass is 732 g/mol. The van der Waals surface area contributed by atoms with Gasteiger partial charge in [0.15, 0.2) is 0 Å². The highest BCUT2D eigenvalue weighted by Gasteiger charge is 2.43. The van der Waals surface area contributed by atoms with E-state index in [0.29, 0.717) is 55.3 Å². The standard InChI is InChI=1S/C36H45ClN2O8S2/c1-35(2)26-13-5-7-15-28(26)38(21-9-11-23-48(40,41)42)32(35)19-17-30-34(37)31(47-25-46-30)18-20-33-36(3,4)27-14-6-8-16-29(27)39(33)22-10-12-24-49(43,44)45/h5-8,13-20,32H,9-12,21-25H2,1-4H3,(H,40,41,42)(H,43,44,45)/b19-17+,31-18-,33-20+. The van der Waals surface area contributed by atoms with Crippen LogP contribution in [0.5, 0.6) is 0 Å². The molecule has 2 aromatic rings. The first-order valence-corrected chi connectivity index (χ1v) is 20.0. The molecule has 0 radical (unpaired) electrons. The minimum absolute atomic E-state index is 0.0263. The summed E-state index contributed by atoms with van der Waals surface area (Å²) in [5.74, 6) is 0.360. The van der Waals surface area contributed by atoms with Crippen molar-refractivity contribution in [2.45, 2.75) is 70.3 Å². The van der Waals surface area contributed by atoms with E-state index in [4.69, 9.17) is 21.1 Å². The van der Waals surface area contributed by atoms with Crippen molar-refractivity contribution in [1.29, 1.82) is 0 Å². The summed E-state index contributed by atoms with van der Waals surface area (Å²) in [4.78, 5) is 4.44. The molecule has 0 saturated carbocycles. The van der Waals surface area contributed by atoms with E-state index in [2.05, 4.69) is 67.8 Å². The molecular weight excluding hydrogens is 688 g/mol. The van der Waals surface area contributed by atoms with Crippen LogP contribution in [0.15, 0.2) is 95.1 Å². The Bertz CT molecular complexity index is 1900. The quantitative estimate of drug-likeness (QED) is 0.163. The van der Waals surface area contributed by atoms with Gasteiger partial charge in [-0.1, -0.05) is 81.8 Å². The maximum atomic E-state index is 11.3. The zero-order chi connectivity index (χ0) is 35.6. The summed E-state index contributed by atoms with van der Waals surface area (Å²) in [6, 6.07) is 16.2. The van der Waals surface area contributed by atoms with Gasteiger partial charge in [-0.3, -0.25) is 9.11 Å². The highest BCUT2D eigenvalue weighted by atomic mass is 35.5. The summed E-state index contributed by atoms with van der Waals surface area (Å²) in [7, 11) is -8.04. The molecule has 3 aliphatic heterocycles. The van der Waals surface area contributed by atoms with E-state index in [-0.39, 0.29) is 35.2 Å². The van der Waals surface area contributed by atoms with Gasteiger partial charge in [0.05, 0.1) is 17.5 Å². The minimum Gasteiger partial charge on any atom is -0.456 e. The van der Waals surface area contributed by atoms with Gasteiger partial charge in [-0.2, -0.15) is 16.8 Å². The number of nitrogens with zero attached hydrogens (tertiary/aromatic N) is 2. The summed E-state index contributed by atoms with van der Waals surface area (Å²) in [6.07, 6.45) is 9.58. The molecule has 5 rings (SSSR count). The first-order chi connectivity index (χ1) is 23.0. The van der Waals surface area contributed by atoms with E-state index in [0.717, 1.165) is 22.6 Å². The van der Waals surface area contributed by atoms with Crippen LogP contribution in [-0.2, 0) is 40.5 Å². The fourth-order valence-corrected chi connectivity index (χ4v) is 8.43. The van der Waals surface area contributed by atoms with Crippen molar-refractivity contribution in [2.75, 3.05) is 41.2 Å². The van der Waals surface area contributed by atoms with Crippen LogP contribution >= 0.6 is 11.6 Å². The Hall–Kier alpha value is -3.29. The molecule has 0 amide bonds. The SMILES string of the molecule is CC1(C)/C(=C\C=C2/OCOC(/C=C/C3N(CCCCS(=O)(=O)O)c4ccccc4C3(C)C)=C2Cl)N(CCCCS(=O)(=O)O)c2ccccc21. The van der Waals surface area contributed by atoms with Crippen LogP contribution in [0.4, 0.5) is 11.4 Å². The molecule has 13 heteroatoms. The second kappa shape index (κ2) is 14.5. The van der Waals surface area contributed by atoms with Crippen molar-refractivity contribution < 1.29 is 35.4 Å². The molecule has 1 unspecified atom stereocenters. The van der Waals surface area contributed by atoms with E-state index in [1.165, 1.54) is 5.56 Å². The van der Waals surface area contributed by atoms with Gasteiger partial charge in [-0.25, -0.2) is 0 Å². The van der Waals surface area contributed by atoms with E-state index < -0.39 is 20.2 Å². The summed E-state index contributed by atoms with van der Waals surface area (Å²) >= 11 is 6.90. The van der Waals surface area contributed by atoms with Crippen molar-refractivity contribution in [1.82, 2.24) is 0 Å². The van der Waals surface area contributed by atoms with E-state index in [1.54, 1.807) is 0 Å². The van der Waals surface area contributed by atoms with Crippen LogP contribution in [0.25, 0.3) is 0 Å². The first-order valence-electron chi connectivity index (χ1n) is 16.4. The number of benzene rings is 2. The van der Waals surface area contributed by atoms with Gasteiger partial charge < -0.3 is 19.3 Å². The van der Waals surface area contributed by atoms with Crippen molar-refractivity contribution in [3.8, 4) is 0 Å². The molecular formula is C36H45ClN2O8S2. The Morgan fingerprint density at radius 2 is 1.41 bits per heavy atom. The molecule has 3 aliphatic rings. The van der Waals surface area contributed by atoms with Gasteiger partial charge in [0.1, 0.15) is 16.6 Å². The Balaban J connectivity index is 1.40. The van der Waals surface area contributed by atoms with Crippen molar-refractivity contribution in [2.24, 2.45) is 0 Å². The lowest BCUT2D eigenvalue weighted by atomic mass is 9.80. The number of fused-ring (bicyclic) bond motifs is 2. The number of halogens is 1. The Morgan fingerprint density at radius 1 is 0.816 bits per heavy atom. The number of hydrogen-bond acceptors (Lipinski definition) is 8. The maximum absolute atomic E-state index is 11.3. The zero-order valence-corrected chi connectivity index (χ0v) is 30.7. The summed E-state index contributed by atoms with van der Waals surface area (Å²) in [5, 5.41) is 0.320. The summed E-state index contributed by atoms with van der Waals surface area (Å²) in [6.45, 7) is 9.77. The molecule has 1 atom stereocenters. The smallest absolute Gasteiger partial charge is 0.264 e. The van der Waals surface area contributed by atoms with Crippen molar-refractivity contribution in [3.05, 3.63) is 106 Å². The first kappa shape index (κ1) is 37.0. The fourth-order valence-electron chi connectivity index (χ4n) is 7.05. The molecule has 0 fully saturated rings. The third kappa shape index (κ3) is 8.37. The van der Waals surface area contributed by atoms with Gasteiger partial charge in [0, 0.05) is 41.0 Å². The van der Waals surface area contributed by atoms with Crippen LogP contribution < -0.4 is 9.80 Å². The van der Waals surface area contributed by atoms with Gasteiger partial charge >= 0.3 is 0 Å². The molecule has 0 saturated heterocycles. The number of para-hydroxylation sites is 2. The third-order valence-electron chi connectivity index (χ3n) is 9.55. The molecule has 10 nitrogen and oxygen atoms in total. The van der Waals surface area contributed by atoms with Crippen LogP contribution in [-0.4, -0.2) is 63.4 Å². The zero-order valence-electron chi connectivity index (χ0n) is 28.3. The average Bonchev–Trinajstić information content (AvgIpc) is 3.37. The number of hydrogen-bond donors (Lipinski definition) is 2. The van der Waals surface area contributed by atoms with Crippen LogP contribution in [0, 0.1) is 0 Å². The lowest BCUT2D eigenvalue weighted by Crippen LogP contribution is -2.40. The summed E-state index contributed by atoms with van der Waals surface area (Å²) < 4.78 is 75.2. The highest BCUT2D eigenvalue weighted by molar-refractivity contribution is 7.86. The summed E-state index contributed by atoms with van der Waals surface area (Å²) in [5.41, 5.74) is 4.83. The van der Waals surface area contributed by atoms with Gasteiger partial charge in [-0.05, 0) is 67.2 Å². The Labute approximate surface area is 295 Å². The molecule has 0 aromatic heterocycles. The van der Waals surface area contributed by atoms with Crippen LogP contribution in [0.1, 0.15) is 64.5 Å². The molecule has 0 bridgehead atoms. The molecule has 0 aliphatic carbocycles. The number of ether oxygens (including phenoxy) is 2. The third-order valence-corrected chi connectivity index (χ3v) is 11.5. The molecule has 3 heterocycles.